The lowest BCUT2D eigenvalue weighted by Crippen LogP contribution is -2.39. The van der Waals surface area contributed by atoms with E-state index >= 15 is 0 Å². The molecule has 2 bridgehead atoms. The molecule has 0 heterocycles. The Balaban J connectivity index is 1.75. The van der Waals surface area contributed by atoms with E-state index in [-0.39, 0.29) is 11.9 Å². The summed E-state index contributed by atoms with van der Waals surface area (Å²) in [4.78, 5) is 22.0. The molecule has 0 unspecified atom stereocenters. The Kier molecular flexibility index (Phi) is 3.11. The molecule has 104 valence electrons. The van der Waals surface area contributed by atoms with Crippen LogP contribution >= 0.6 is 0 Å². The summed E-state index contributed by atoms with van der Waals surface area (Å²) in [5, 5.41) is 0. The molecule has 0 aromatic carbocycles. The van der Waals surface area contributed by atoms with Gasteiger partial charge < -0.3 is 9.47 Å². The largest absolute Gasteiger partial charge is 0.461 e. The molecule has 19 heavy (non-hydrogen) atoms. The molecule has 0 aliphatic heterocycles. The number of rotatable bonds is 4. The van der Waals surface area contributed by atoms with Crippen LogP contribution in [0.5, 0.6) is 0 Å². The van der Waals surface area contributed by atoms with Gasteiger partial charge in [-0.2, -0.15) is 0 Å². The molecular formula is C15H20O4. The monoisotopic (exact) mass is 264 g/mol. The van der Waals surface area contributed by atoms with Gasteiger partial charge in [0.25, 0.3) is 0 Å². The summed E-state index contributed by atoms with van der Waals surface area (Å²) in [7, 11) is 0. The zero-order chi connectivity index (χ0) is 13.6. The average molecular weight is 264 g/mol. The van der Waals surface area contributed by atoms with Crippen molar-refractivity contribution in [3.63, 3.8) is 0 Å². The smallest absolute Gasteiger partial charge is 0.302 e. The van der Waals surface area contributed by atoms with Crippen molar-refractivity contribution >= 4 is 11.9 Å². The second kappa shape index (κ2) is 4.66. The van der Waals surface area contributed by atoms with Crippen molar-refractivity contribution in [1.29, 1.82) is 0 Å². The molecule has 4 nitrogen and oxygen atoms in total. The van der Waals surface area contributed by atoms with Crippen molar-refractivity contribution in [3.05, 3.63) is 11.1 Å². The highest BCUT2D eigenvalue weighted by Crippen LogP contribution is 2.63. The van der Waals surface area contributed by atoms with E-state index in [4.69, 9.17) is 9.47 Å². The minimum Gasteiger partial charge on any atom is -0.461 e. The molecule has 0 spiro atoms. The first-order chi connectivity index (χ1) is 9.08. The van der Waals surface area contributed by atoms with Crippen molar-refractivity contribution in [2.75, 3.05) is 13.2 Å². The zero-order valence-corrected chi connectivity index (χ0v) is 11.5. The predicted octanol–water partition coefficient (Wildman–Crippen LogP) is 2.09. The van der Waals surface area contributed by atoms with Crippen LogP contribution in [0.25, 0.3) is 0 Å². The maximum absolute atomic E-state index is 11.0. The van der Waals surface area contributed by atoms with Crippen LogP contribution in [0.15, 0.2) is 11.1 Å². The fourth-order valence-electron chi connectivity index (χ4n) is 4.36. The van der Waals surface area contributed by atoms with Gasteiger partial charge in [0.05, 0.1) is 0 Å². The summed E-state index contributed by atoms with van der Waals surface area (Å²) in [6.45, 7) is 3.64. The van der Waals surface area contributed by atoms with Crippen LogP contribution in [-0.2, 0) is 19.1 Å². The Morgan fingerprint density at radius 3 is 1.74 bits per heavy atom. The average Bonchev–Trinajstić information content (AvgIpc) is 2.86. The maximum Gasteiger partial charge on any atom is 0.302 e. The van der Waals surface area contributed by atoms with E-state index in [9.17, 15) is 9.59 Å². The number of ether oxygens (including phenoxy) is 2. The summed E-state index contributed by atoms with van der Waals surface area (Å²) in [5.41, 5.74) is 2.46. The Labute approximate surface area is 113 Å². The molecule has 0 aromatic rings. The summed E-state index contributed by atoms with van der Waals surface area (Å²) >= 11 is 0. The summed E-state index contributed by atoms with van der Waals surface area (Å²) in [6.07, 6.45) is 3.90. The first kappa shape index (κ1) is 12.7. The molecule has 0 radical (unpaired) electrons. The highest BCUT2D eigenvalue weighted by atomic mass is 16.5. The van der Waals surface area contributed by atoms with Crippen molar-refractivity contribution < 1.29 is 19.1 Å². The number of hydrogen-bond acceptors (Lipinski definition) is 4. The third kappa shape index (κ3) is 2.07. The molecule has 3 aliphatic carbocycles. The number of carbonyl (C=O) groups is 2. The molecule has 3 aliphatic rings. The van der Waals surface area contributed by atoms with E-state index in [0.29, 0.717) is 25.0 Å². The van der Waals surface area contributed by atoms with Crippen molar-refractivity contribution in [3.8, 4) is 0 Å². The summed E-state index contributed by atoms with van der Waals surface area (Å²) < 4.78 is 10.3. The normalized spacial score (nSPS) is 34.8. The first-order valence-corrected chi connectivity index (χ1v) is 7.06. The highest BCUT2D eigenvalue weighted by molar-refractivity contribution is 5.67. The lowest BCUT2D eigenvalue weighted by Gasteiger charge is -2.44. The molecule has 0 amide bonds. The van der Waals surface area contributed by atoms with E-state index in [1.165, 1.54) is 44.3 Å². The standard InChI is InChI=1S/C15H20O4/c1-8(16)18-6-12-13(7-19-9(2)17)15-11-4-3-10(5-11)14(12)15/h10-11,14-15H,3-7H2,1-2H3/t10-,11+,14-,15+. The van der Waals surface area contributed by atoms with Crippen molar-refractivity contribution in [2.24, 2.45) is 23.7 Å². The fraction of sp³-hybridized carbons (Fsp3) is 0.733. The Morgan fingerprint density at radius 2 is 1.37 bits per heavy atom. The first-order valence-electron chi connectivity index (χ1n) is 7.06. The second-order valence-corrected chi connectivity index (χ2v) is 6.00. The van der Waals surface area contributed by atoms with Crippen LogP contribution in [0, 0.1) is 23.7 Å². The van der Waals surface area contributed by atoms with Gasteiger partial charge in [-0.3, -0.25) is 9.59 Å². The number of esters is 2. The fourth-order valence-corrected chi connectivity index (χ4v) is 4.36. The maximum atomic E-state index is 11.0. The van der Waals surface area contributed by atoms with Crippen LogP contribution < -0.4 is 0 Å². The third-order valence-corrected chi connectivity index (χ3v) is 5.00. The van der Waals surface area contributed by atoms with Gasteiger partial charge >= 0.3 is 11.9 Å². The van der Waals surface area contributed by atoms with Gasteiger partial charge in [0.15, 0.2) is 0 Å². The Hall–Kier alpha value is -1.32. The van der Waals surface area contributed by atoms with E-state index in [1.54, 1.807) is 0 Å². The zero-order valence-electron chi connectivity index (χ0n) is 11.5. The SMILES string of the molecule is CC(=O)OCC1=C(COC(C)=O)[C@H]2[C@@H]3CC[C@@H](C3)[C@@H]12. The highest BCUT2D eigenvalue weighted by Gasteiger charge is 2.56. The van der Waals surface area contributed by atoms with E-state index in [1.807, 2.05) is 0 Å². The molecule has 4 atom stereocenters. The second-order valence-electron chi connectivity index (χ2n) is 6.00. The lowest BCUT2D eigenvalue weighted by atomic mass is 9.61. The van der Waals surface area contributed by atoms with Gasteiger partial charge in [-0.1, -0.05) is 0 Å². The van der Waals surface area contributed by atoms with Crippen molar-refractivity contribution in [2.45, 2.75) is 33.1 Å². The van der Waals surface area contributed by atoms with Crippen LogP contribution in [0.4, 0.5) is 0 Å². The Morgan fingerprint density at radius 1 is 0.947 bits per heavy atom. The minimum absolute atomic E-state index is 0.244. The van der Waals surface area contributed by atoms with E-state index in [0.717, 1.165) is 11.8 Å². The van der Waals surface area contributed by atoms with Crippen LogP contribution in [0.3, 0.4) is 0 Å². The lowest BCUT2D eigenvalue weighted by molar-refractivity contribution is -0.142. The molecular weight excluding hydrogens is 244 g/mol. The van der Waals surface area contributed by atoms with Crippen LogP contribution in [0.1, 0.15) is 33.1 Å². The summed E-state index contributed by atoms with van der Waals surface area (Å²) in [6, 6.07) is 0. The van der Waals surface area contributed by atoms with Gasteiger partial charge in [-0.15, -0.1) is 0 Å². The molecule has 0 N–H and O–H groups in total. The molecule has 3 rings (SSSR count). The topological polar surface area (TPSA) is 52.6 Å². The third-order valence-electron chi connectivity index (χ3n) is 5.00. The van der Waals surface area contributed by atoms with Crippen LogP contribution in [-0.4, -0.2) is 25.2 Å². The van der Waals surface area contributed by atoms with Gasteiger partial charge in [0, 0.05) is 13.8 Å². The van der Waals surface area contributed by atoms with E-state index in [2.05, 4.69) is 0 Å². The molecule has 0 saturated heterocycles. The van der Waals surface area contributed by atoms with Gasteiger partial charge in [0.2, 0.25) is 0 Å². The van der Waals surface area contributed by atoms with Gasteiger partial charge in [-0.25, -0.2) is 0 Å². The molecule has 0 aromatic heterocycles. The molecule has 2 saturated carbocycles. The number of fused-ring (bicyclic) bond motifs is 5. The van der Waals surface area contributed by atoms with Gasteiger partial charge in [0.1, 0.15) is 13.2 Å². The van der Waals surface area contributed by atoms with Crippen molar-refractivity contribution in [1.82, 2.24) is 0 Å². The number of carbonyl (C=O) groups excluding carboxylic acids is 2. The quantitative estimate of drug-likeness (QED) is 0.576. The Bertz CT molecular complexity index is 411. The molecule has 4 heteroatoms. The molecule has 2 fully saturated rings. The van der Waals surface area contributed by atoms with E-state index < -0.39 is 0 Å². The minimum atomic E-state index is -0.244. The summed E-state index contributed by atoms with van der Waals surface area (Å²) in [5.74, 6) is 2.22. The predicted molar refractivity (Wildman–Crippen MR) is 68.1 cm³/mol. The van der Waals surface area contributed by atoms with Gasteiger partial charge in [-0.05, 0) is 54.1 Å². The van der Waals surface area contributed by atoms with Crippen LogP contribution in [0.2, 0.25) is 0 Å². The number of hydrogen-bond donors (Lipinski definition) is 0.